The van der Waals surface area contributed by atoms with Gasteiger partial charge in [-0.25, -0.2) is 4.39 Å². The average Bonchev–Trinajstić information content (AvgIpc) is 3.24. The van der Waals surface area contributed by atoms with Crippen LogP contribution in [0.15, 0.2) is 36.7 Å². The van der Waals surface area contributed by atoms with Crippen LogP contribution in [-0.4, -0.2) is 10.1 Å². The molecule has 1 saturated carbocycles. The molecule has 1 atom stereocenters. The Balaban J connectivity index is 1.84. The first-order valence-corrected chi connectivity index (χ1v) is 7.46. The quantitative estimate of drug-likeness (QED) is 0.863. The van der Waals surface area contributed by atoms with E-state index in [1.54, 1.807) is 18.5 Å². The van der Waals surface area contributed by atoms with Gasteiger partial charge in [0.15, 0.2) is 6.23 Å². The van der Waals surface area contributed by atoms with Crippen LogP contribution in [0.25, 0.3) is 0 Å². The summed E-state index contributed by atoms with van der Waals surface area (Å²) >= 11 is 5.87. The van der Waals surface area contributed by atoms with Crippen molar-refractivity contribution in [1.29, 1.82) is 0 Å². The Bertz CT molecular complexity index is 717. The number of hydrogen-bond donors (Lipinski definition) is 1. The first kappa shape index (κ1) is 13.0. The summed E-state index contributed by atoms with van der Waals surface area (Å²) in [6.07, 6.45) is 4.50. The van der Waals surface area contributed by atoms with Gasteiger partial charge in [0.1, 0.15) is 5.82 Å². The van der Waals surface area contributed by atoms with Gasteiger partial charge >= 0.3 is 0 Å². The third-order valence-corrected chi connectivity index (χ3v) is 4.74. The highest BCUT2D eigenvalue weighted by Crippen LogP contribution is 2.61. The number of hydrogen-bond acceptors (Lipinski definition) is 3. The molecule has 1 N–H and O–H groups in total. The summed E-state index contributed by atoms with van der Waals surface area (Å²) in [6, 6.07) is 6.62. The minimum atomic E-state index is -0.842. The average molecular weight is 305 g/mol. The van der Waals surface area contributed by atoms with Crippen LogP contribution in [0.5, 0.6) is 0 Å². The van der Waals surface area contributed by atoms with Gasteiger partial charge in [0.2, 0.25) is 0 Å². The lowest BCUT2D eigenvalue weighted by molar-refractivity contribution is 0.172. The van der Waals surface area contributed by atoms with E-state index in [0.29, 0.717) is 11.4 Å². The standard InChI is InChI=1S/C16H14ClFN2O/c17-7-10-5-12(9-19-8-10)20-15(21)13-6-11(18)1-2-14(13)16(20)3-4-16/h1-2,5-6,8-9,15,21H,3-4,7H2. The smallest absolute Gasteiger partial charge is 0.154 e. The number of alkyl halides is 1. The zero-order valence-corrected chi connectivity index (χ0v) is 12.0. The van der Waals surface area contributed by atoms with Crippen molar-refractivity contribution >= 4 is 17.3 Å². The van der Waals surface area contributed by atoms with Crippen LogP contribution in [0.3, 0.4) is 0 Å². The number of aliphatic hydroxyl groups excluding tert-OH is 1. The molecule has 2 heterocycles. The van der Waals surface area contributed by atoms with Gasteiger partial charge in [-0.1, -0.05) is 6.07 Å². The van der Waals surface area contributed by atoms with Gasteiger partial charge in [0, 0.05) is 17.6 Å². The second-order valence-electron chi connectivity index (χ2n) is 5.69. The lowest BCUT2D eigenvalue weighted by atomic mass is 10.0. The maximum Gasteiger partial charge on any atom is 0.154 e. The molecule has 1 unspecified atom stereocenters. The van der Waals surface area contributed by atoms with Gasteiger partial charge in [-0.3, -0.25) is 4.98 Å². The molecule has 1 aromatic carbocycles. The van der Waals surface area contributed by atoms with Gasteiger partial charge in [-0.2, -0.15) is 0 Å². The molecular formula is C16H14ClFN2O. The normalized spacial score (nSPS) is 21.7. The Morgan fingerprint density at radius 1 is 1.33 bits per heavy atom. The summed E-state index contributed by atoms with van der Waals surface area (Å²) in [5, 5.41) is 10.7. The van der Waals surface area contributed by atoms with E-state index in [-0.39, 0.29) is 11.4 Å². The molecule has 0 saturated heterocycles. The Kier molecular flexibility index (Phi) is 2.75. The van der Waals surface area contributed by atoms with Crippen LogP contribution in [0.4, 0.5) is 10.1 Å². The maximum atomic E-state index is 13.5. The highest BCUT2D eigenvalue weighted by Gasteiger charge is 2.58. The number of anilines is 1. The highest BCUT2D eigenvalue weighted by atomic mass is 35.5. The molecule has 0 radical (unpaired) electrons. The van der Waals surface area contributed by atoms with Gasteiger partial charge in [0.25, 0.3) is 0 Å². The molecule has 2 aliphatic rings. The minimum absolute atomic E-state index is 0.213. The van der Waals surface area contributed by atoms with E-state index in [1.807, 2.05) is 11.0 Å². The summed E-state index contributed by atoms with van der Waals surface area (Å²) in [5.41, 5.74) is 3.19. The first-order valence-electron chi connectivity index (χ1n) is 6.93. The third-order valence-electron chi connectivity index (χ3n) is 4.44. The maximum absolute atomic E-state index is 13.5. The summed E-state index contributed by atoms with van der Waals surface area (Å²) in [6.45, 7) is 0. The number of halogens is 2. The summed E-state index contributed by atoms with van der Waals surface area (Å²) < 4.78 is 13.5. The summed E-state index contributed by atoms with van der Waals surface area (Å²) in [4.78, 5) is 6.14. The SMILES string of the molecule is OC1c2cc(F)ccc2C2(CC2)N1c1cncc(CCl)c1. The molecule has 21 heavy (non-hydrogen) atoms. The van der Waals surface area contributed by atoms with Crippen molar-refractivity contribution in [1.82, 2.24) is 4.98 Å². The molecule has 1 spiro atoms. The molecular weight excluding hydrogens is 291 g/mol. The van der Waals surface area contributed by atoms with E-state index in [4.69, 9.17) is 11.6 Å². The lowest BCUT2D eigenvalue weighted by Gasteiger charge is -2.30. The second kappa shape index (κ2) is 4.42. The molecule has 1 aliphatic carbocycles. The molecule has 4 rings (SSSR count). The largest absolute Gasteiger partial charge is 0.369 e. The first-order chi connectivity index (χ1) is 10.2. The lowest BCUT2D eigenvalue weighted by Crippen LogP contribution is -2.31. The van der Waals surface area contributed by atoms with Crippen molar-refractivity contribution in [3.05, 3.63) is 59.2 Å². The number of aromatic nitrogens is 1. The van der Waals surface area contributed by atoms with Crippen molar-refractivity contribution in [2.24, 2.45) is 0 Å². The fraction of sp³-hybridized carbons (Fsp3) is 0.312. The van der Waals surface area contributed by atoms with Crippen LogP contribution >= 0.6 is 11.6 Å². The number of benzene rings is 1. The zero-order chi connectivity index (χ0) is 14.6. The fourth-order valence-electron chi connectivity index (χ4n) is 3.37. The van der Waals surface area contributed by atoms with Crippen molar-refractivity contribution in [3.8, 4) is 0 Å². The van der Waals surface area contributed by atoms with Crippen LogP contribution in [-0.2, 0) is 11.4 Å². The van der Waals surface area contributed by atoms with Gasteiger partial charge in [0.05, 0.1) is 17.4 Å². The number of aliphatic hydroxyl groups is 1. The van der Waals surface area contributed by atoms with Crippen molar-refractivity contribution in [2.45, 2.75) is 30.5 Å². The molecule has 2 aromatic rings. The zero-order valence-electron chi connectivity index (χ0n) is 11.3. The third kappa shape index (κ3) is 1.79. The van der Waals surface area contributed by atoms with E-state index >= 15 is 0 Å². The van der Waals surface area contributed by atoms with Gasteiger partial charge < -0.3 is 10.0 Å². The molecule has 1 fully saturated rings. The van der Waals surface area contributed by atoms with Crippen molar-refractivity contribution in [2.75, 3.05) is 4.90 Å². The summed E-state index contributed by atoms with van der Waals surface area (Å²) in [5.74, 6) is 0.0531. The predicted octanol–water partition coefficient (Wildman–Crippen LogP) is 3.46. The van der Waals surface area contributed by atoms with Crippen LogP contribution in [0, 0.1) is 5.82 Å². The van der Waals surface area contributed by atoms with Crippen LogP contribution in [0.2, 0.25) is 0 Å². The van der Waals surface area contributed by atoms with Crippen molar-refractivity contribution in [3.63, 3.8) is 0 Å². The highest BCUT2D eigenvalue weighted by molar-refractivity contribution is 6.17. The molecule has 5 heteroatoms. The Morgan fingerprint density at radius 3 is 2.86 bits per heavy atom. The van der Waals surface area contributed by atoms with E-state index in [2.05, 4.69) is 4.98 Å². The van der Waals surface area contributed by atoms with Gasteiger partial charge in [-0.15, -0.1) is 11.6 Å². The molecule has 1 aliphatic heterocycles. The van der Waals surface area contributed by atoms with E-state index in [1.165, 1.54) is 12.1 Å². The number of pyridine rings is 1. The molecule has 1 aromatic heterocycles. The topological polar surface area (TPSA) is 36.4 Å². The number of nitrogens with zero attached hydrogens (tertiary/aromatic N) is 2. The van der Waals surface area contributed by atoms with E-state index in [0.717, 1.165) is 29.7 Å². The number of rotatable bonds is 2. The van der Waals surface area contributed by atoms with Gasteiger partial charge in [-0.05, 0) is 42.2 Å². The van der Waals surface area contributed by atoms with Crippen LogP contribution < -0.4 is 4.90 Å². The predicted molar refractivity (Wildman–Crippen MR) is 78.5 cm³/mol. The minimum Gasteiger partial charge on any atom is -0.369 e. The second-order valence-corrected chi connectivity index (χ2v) is 5.96. The summed E-state index contributed by atoms with van der Waals surface area (Å²) in [7, 11) is 0. The molecule has 0 amide bonds. The molecule has 3 nitrogen and oxygen atoms in total. The Hall–Kier alpha value is -1.65. The monoisotopic (exact) mass is 304 g/mol. The van der Waals surface area contributed by atoms with E-state index in [9.17, 15) is 9.50 Å². The van der Waals surface area contributed by atoms with Crippen molar-refractivity contribution < 1.29 is 9.50 Å². The van der Waals surface area contributed by atoms with Crippen LogP contribution in [0.1, 0.15) is 35.8 Å². The van der Waals surface area contributed by atoms with E-state index < -0.39 is 6.23 Å². The molecule has 108 valence electrons. The Labute approximate surface area is 127 Å². The Morgan fingerprint density at radius 2 is 2.14 bits per heavy atom. The fourth-order valence-corrected chi connectivity index (χ4v) is 3.52. The number of fused-ring (bicyclic) bond motifs is 2. The molecule has 0 bridgehead atoms.